The molecule has 1 saturated carbocycles. The van der Waals surface area contributed by atoms with Gasteiger partial charge in [0.1, 0.15) is 0 Å². The van der Waals surface area contributed by atoms with Crippen LogP contribution in [0.5, 0.6) is 11.5 Å². The summed E-state index contributed by atoms with van der Waals surface area (Å²) in [5.74, 6) is 1.53. The number of benzene rings is 1. The van der Waals surface area contributed by atoms with E-state index in [4.69, 9.17) is 15.2 Å². The first kappa shape index (κ1) is 12.2. The van der Waals surface area contributed by atoms with Crippen LogP contribution in [0.4, 0.5) is 0 Å². The Morgan fingerprint density at radius 3 is 2.65 bits per heavy atom. The van der Waals surface area contributed by atoms with E-state index in [1.807, 2.05) is 18.2 Å². The van der Waals surface area contributed by atoms with E-state index >= 15 is 0 Å². The normalized spacial score (nSPS) is 16.6. The number of hydrogen-bond acceptors (Lipinski definition) is 4. The molecular weight excluding hydrogens is 216 g/mol. The third-order valence-corrected chi connectivity index (χ3v) is 3.06. The molecule has 1 aliphatic carbocycles. The topological polar surface area (TPSA) is 56.5 Å². The standard InChI is InChI=1S/C13H20N2O2/c1-16-12-5-3-4-10(13(12)17-2)11(8-14)15-9-6-7-9/h3-5,9,11,15H,6-8,14H2,1-2H3. The van der Waals surface area contributed by atoms with Gasteiger partial charge in [-0.1, -0.05) is 12.1 Å². The van der Waals surface area contributed by atoms with Gasteiger partial charge >= 0.3 is 0 Å². The zero-order chi connectivity index (χ0) is 12.3. The van der Waals surface area contributed by atoms with Gasteiger partial charge in [0.25, 0.3) is 0 Å². The summed E-state index contributed by atoms with van der Waals surface area (Å²) >= 11 is 0. The number of methoxy groups -OCH3 is 2. The summed E-state index contributed by atoms with van der Waals surface area (Å²) in [4.78, 5) is 0. The van der Waals surface area contributed by atoms with Crippen LogP contribution in [0, 0.1) is 0 Å². The molecule has 1 fully saturated rings. The predicted octanol–water partition coefficient (Wildman–Crippen LogP) is 1.46. The Bertz CT molecular complexity index is 378. The molecular formula is C13H20N2O2. The number of para-hydroxylation sites is 1. The molecule has 3 N–H and O–H groups in total. The van der Waals surface area contributed by atoms with Crippen LogP contribution in [0.25, 0.3) is 0 Å². The highest BCUT2D eigenvalue weighted by Gasteiger charge is 2.26. The van der Waals surface area contributed by atoms with Gasteiger partial charge in [-0.05, 0) is 18.9 Å². The lowest BCUT2D eigenvalue weighted by molar-refractivity contribution is 0.346. The molecule has 0 saturated heterocycles. The molecule has 0 spiro atoms. The second-order valence-electron chi connectivity index (χ2n) is 4.31. The quantitative estimate of drug-likeness (QED) is 0.785. The second kappa shape index (κ2) is 5.38. The minimum absolute atomic E-state index is 0.132. The molecule has 0 aromatic heterocycles. The van der Waals surface area contributed by atoms with Crippen molar-refractivity contribution in [2.75, 3.05) is 20.8 Å². The van der Waals surface area contributed by atoms with Crippen molar-refractivity contribution in [1.29, 1.82) is 0 Å². The van der Waals surface area contributed by atoms with E-state index < -0.39 is 0 Å². The summed E-state index contributed by atoms with van der Waals surface area (Å²) in [7, 11) is 3.31. The van der Waals surface area contributed by atoms with Crippen molar-refractivity contribution in [2.24, 2.45) is 5.73 Å². The lowest BCUT2D eigenvalue weighted by Crippen LogP contribution is -2.30. The van der Waals surface area contributed by atoms with Gasteiger partial charge in [0.2, 0.25) is 0 Å². The van der Waals surface area contributed by atoms with Gasteiger partial charge < -0.3 is 20.5 Å². The van der Waals surface area contributed by atoms with E-state index in [9.17, 15) is 0 Å². The summed E-state index contributed by atoms with van der Waals surface area (Å²) in [6.07, 6.45) is 2.48. The van der Waals surface area contributed by atoms with Crippen LogP contribution in [0.2, 0.25) is 0 Å². The maximum absolute atomic E-state index is 5.84. The molecule has 1 aliphatic rings. The molecule has 0 aliphatic heterocycles. The Hall–Kier alpha value is -1.26. The first-order chi connectivity index (χ1) is 8.30. The Balaban J connectivity index is 2.27. The van der Waals surface area contributed by atoms with E-state index in [2.05, 4.69) is 5.32 Å². The van der Waals surface area contributed by atoms with Gasteiger partial charge in [-0.3, -0.25) is 0 Å². The maximum atomic E-state index is 5.84. The van der Waals surface area contributed by atoms with Crippen LogP contribution >= 0.6 is 0 Å². The number of nitrogens with one attached hydrogen (secondary N) is 1. The monoisotopic (exact) mass is 236 g/mol. The summed E-state index contributed by atoms with van der Waals surface area (Å²) in [6.45, 7) is 0.556. The lowest BCUT2D eigenvalue weighted by atomic mass is 10.0. The van der Waals surface area contributed by atoms with Crippen LogP contribution < -0.4 is 20.5 Å². The molecule has 1 aromatic rings. The lowest BCUT2D eigenvalue weighted by Gasteiger charge is -2.21. The Morgan fingerprint density at radius 2 is 2.12 bits per heavy atom. The van der Waals surface area contributed by atoms with Gasteiger partial charge in [-0.15, -0.1) is 0 Å². The van der Waals surface area contributed by atoms with Gasteiger partial charge in [0, 0.05) is 24.2 Å². The second-order valence-corrected chi connectivity index (χ2v) is 4.31. The van der Waals surface area contributed by atoms with Crippen molar-refractivity contribution in [1.82, 2.24) is 5.32 Å². The van der Waals surface area contributed by atoms with Crippen LogP contribution in [0.15, 0.2) is 18.2 Å². The summed E-state index contributed by atoms with van der Waals surface area (Å²) < 4.78 is 10.7. The minimum Gasteiger partial charge on any atom is -0.493 e. The molecule has 2 rings (SSSR count). The molecule has 4 heteroatoms. The largest absolute Gasteiger partial charge is 0.493 e. The van der Waals surface area contributed by atoms with Gasteiger partial charge in [-0.25, -0.2) is 0 Å². The molecule has 0 heterocycles. The van der Waals surface area contributed by atoms with E-state index in [1.54, 1.807) is 14.2 Å². The Kier molecular flexibility index (Phi) is 3.86. The number of nitrogens with two attached hydrogens (primary N) is 1. The third-order valence-electron chi connectivity index (χ3n) is 3.06. The highest BCUT2D eigenvalue weighted by atomic mass is 16.5. The maximum Gasteiger partial charge on any atom is 0.165 e. The SMILES string of the molecule is COc1cccc(C(CN)NC2CC2)c1OC. The van der Waals surface area contributed by atoms with E-state index in [1.165, 1.54) is 12.8 Å². The van der Waals surface area contributed by atoms with Crippen LogP contribution in [0.1, 0.15) is 24.4 Å². The highest BCUT2D eigenvalue weighted by molar-refractivity contribution is 5.48. The fourth-order valence-corrected chi connectivity index (χ4v) is 2.01. The Morgan fingerprint density at radius 1 is 1.35 bits per heavy atom. The van der Waals surface area contributed by atoms with Crippen molar-refractivity contribution >= 4 is 0 Å². The number of hydrogen-bond donors (Lipinski definition) is 2. The zero-order valence-electron chi connectivity index (χ0n) is 10.4. The average Bonchev–Trinajstić information content (AvgIpc) is 3.18. The minimum atomic E-state index is 0.132. The van der Waals surface area contributed by atoms with Crippen molar-refractivity contribution in [3.05, 3.63) is 23.8 Å². The van der Waals surface area contributed by atoms with E-state index in [0.29, 0.717) is 12.6 Å². The molecule has 1 aromatic carbocycles. The van der Waals surface area contributed by atoms with Gasteiger partial charge in [0.15, 0.2) is 11.5 Å². The van der Waals surface area contributed by atoms with Gasteiger partial charge in [-0.2, -0.15) is 0 Å². The highest BCUT2D eigenvalue weighted by Crippen LogP contribution is 2.35. The predicted molar refractivity (Wildman–Crippen MR) is 67.5 cm³/mol. The first-order valence-electron chi connectivity index (χ1n) is 5.97. The molecule has 0 bridgehead atoms. The molecule has 0 amide bonds. The third kappa shape index (κ3) is 2.70. The number of rotatable bonds is 6. The van der Waals surface area contributed by atoms with Crippen molar-refractivity contribution in [3.63, 3.8) is 0 Å². The first-order valence-corrected chi connectivity index (χ1v) is 5.97. The molecule has 4 nitrogen and oxygen atoms in total. The summed E-state index contributed by atoms with van der Waals surface area (Å²) in [5.41, 5.74) is 6.91. The smallest absolute Gasteiger partial charge is 0.165 e. The Labute approximate surface area is 102 Å². The zero-order valence-corrected chi connectivity index (χ0v) is 10.4. The van der Waals surface area contributed by atoms with Crippen molar-refractivity contribution in [3.8, 4) is 11.5 Å². The fourth-order valence-electron chi connectivity index (χ4n) is 2.01. The van der Waals surface area contributed by atoms with Crippen molar-refractivity contribution in [2.45, 2.75) is 24.9 Å². The molecule has 1 atom stereocenters. The number of ether oxygens (including phenoxy) is 2. The van der Waals surface area contributed by atoms with E-state index in [0.717, 1.165) is 17.1 Å². The van der Waals surface area contributed by atoms with Crippen LogP contribution in [0.3, 0.4) is 0 Å². The molecule has 17 heavy (non-hydrogen) atoms. The van der Waals surface area contributed by atoms with Crippen LogP contribution in [-0.4, -0.2) is 26.8 Å². The van der Waals surface area contributed by atoms with Crippen molar-refractivity contribution < 1.29 is 9.47 Å². The van der Waals surface area contributed by atoms with E-state index in [-0.39, 0.29) is 6.04 Å². The fraction of sp³-hybridized carbons (Fsp3) is 0.538. The summed E-state index contributed by atoms with van der Waals surface area (Å²) in [5, 5.41) is 3.52. The molecule has 0 radical (unpaired) electrons. The molecule has 1 unspecified atom stereocenters. The van der Waals surface area contributed by atoms with Crippen LogP contribution in [-0.2, 0) is 0 Å². The average molecular weight is 236 g/mol. The molecule has 94 valence electrons. The summed E-state index contributed by atoms with van der Waals surface area (Å²) in [6, 6.07) is 6.64. The van der Waals surface area contributed by atoms with Gasteiger partial charge in [0.05, 0.1) is 14.2 Å².